The summed E-state index contributed by atoms with van der Waals surface area (Å²) < 4.78 is 7.01. The van der Waals surface area contributed by atoms with Gasteiger partial charge in [0.1, 0.15) is 11.8 Å². The second kappa shape index (κ2) is 8.52. The first-order valence-electron chi connectivity index (χ1n) is 10.6. The lowest BCUT2D eigenvalue weighted by Gasteiger charge is -2.39. The van der Waals surface area contributed by atoms with E-state index in [2.05, 4.69) is 10.3 Å². The van der Waals surface area contributed by atoms with Crippen LogP contribution in [0.4, 0.5) is 0 Å². The second-order valence-corrected chi connectivity index (χ2v) is 8.57. The molecule has 1 unspecified atom stereocenters. The molecule has 10 nitrogen and oxygen atoms in total. The fourth-order valence-corrected chi connectivity index (χ4v) is 4.28. The fourth-order valence-electron chi connectivity index (χ4n) is 4.28. The summed E-state index contributed by atoms with van der Waals surface area (Å²) in [5, 5.41) is 8.19. The van der Waals surface area contributed by atoms with Gasteiger partial charge in [0.05, 0.1) is 13.1 Å². The number of carbonyl (C=O) groups excluding carboxylic acids is 3. The average Bonchev–Trinajstić information content (AvgIpc) is 3.29. The molecule has 0 spiro atoms. The first-order chi connectivity index (χ1) is 14.8. The Morgan fingerprint density at radius 3 is 2.77 bits per heavy atom. The highest BCUT2D eigenvalue weighted by Gasteiger charge is 2.41. The monoisotopic (exact) mass is 428 g/mol. The average molecular weight is 428 g/mol. The Kier molecular flexibility index (Phi) is 5.79. The van der Waals surface area contributed by atoms with Gasteiger partial charge in [-0.1, -0.05) is 19.0 Å². The number of piperazine rings is 1. The lowest BCUT2D eigenvalue weighted by Crippen LogP contribution is -2.60. The number of rotatable bonds is 5. The number of fused-ring (bicyclic) bond motifs is 1. The number of carbonyl (C=O) groups is 3. The summed E-state index contributed by atoms with van der Waals surface area (Å²) in [6.45, 7) is 7.94. The molecular weight excluding hydrogens is 400 g/mol. The maximum absolute atomic E-state index is 13.3. The summed E-state index contributed by atoms with van der Waals surface area (Å²) in [6.07, 6.45) is 3.90. The molecule has 31 heavy (non-hydrogen) atoms. The minimum absolute atomic E-state index is 0.0285. The van der Waals surface area contributed by atoms with Gasteiger partial charge in [0, 0.05) is 44.1 Å². The Morgan fingerprint density at radius 2 is 2.06 bits per heavy atom. The smallest absolute Gasteiger partial charge is 0.276 e. The maximum Gasteiger partial charge on any atom is 0.276 e. The molecule has 166 valence electrons. The first kappa shape index (κ1) is 21.1. The summed E-state index contributed by atoms with van der Waals surface area (Å²) in [5.74, 6) is 0.518. The molecular formula is C21H28N6O4. The van der Waals surface area contributed by atoms with Gasteiger partial charge in [0.25, 0.3) is 5.91 Å². The van der Waals surface area contributed by atoms with Crippen LogP contribution in [0.25, 0.3) is 0 Å². The predicted octanol–water partition coefficient (Wildman–Crippen LogP) is 0.769. The highest BCUT2D eigenvalue weighted by molar-refractivity contribution is 5.96. The molecule has 2 saturated heterocycles. The van der Waals surface area contributed by atoms with E-state index in [4.69, 9.17) is 4.52 Å². The molecule has 0 aliphatic carbocycles. The van der Waals surface area contributed by atoms with Crippen molar-refractivity contribution in [3.05, 3.63) is 35.5 Å². The van der Waals surface area contributed by atoms with E-state index in [1.807, 2.05) is 26.1 Å². The third kappa shape index (κ3) is 4.19. The van der Waals surface area contributed by atoms with Gasteiger partial charge in [0.2, 0.25) is 11.8 Å². The first-order valence-corrected chi connectivity index (χ1v) is 10.6. The van der Waals surface area contributed by atoms with Crippen LogP contribution >= 0.6 is 0 Å². The molecule has 0 N–H and O–H groups in total. The molecule has 2 fully saturated rings. The number of aryl methyl sites for hydroxylation is 1. The topological polar surface area (TPSA) is 105 Å². The van der Waals surface area contributed by atoms with Gasteiger partial charge < -0.3 is 19.2 Å². The van der Waals surface area contributed by atoms with Crippen molar-refractivity contribution in [3.63, 3.8) is 0 Å². The van der Waals surface area contributed by atoms with Gasteiger partial charge in [0.15, 0.2) is 5.69 Å². The molecule has 2 aliphatic rings. The highest BCUT2D eigenvalue weighted by Crippen LogP contribution is 2.22. The van der Waals surface area contributed by atoms with Crippen LogP contribution in [0, 0.1) is 12.8 Å². The SMILES string of the molecule is Cc1onc(C(=O)N2CCC3C(=O)N(CC(C)C)CC(=O)N3CC2)c1Cn1cccn1. The zero-order chi connectivity index (χ0) is 22.1. The van der Waals surface area contributed by atoms with E-state index in [1.54, 1.807) is 32.5 Å². The lowest BCUT2D eigenvalue weighted by molar-refractivity contribution is -0.156. The molecule has 2 aromatic heterocycles. The van der Waals surface area contributed by atoms with E-state index < -0.39 is 6.04 Å². The zero-order valence-corrected chi connectivity index (χ0v) is 18.2. The molecule has 0 aromatic carbocycles. The van der Waals surface area contributed by atoms with E-state index in [1.165, 1.54) is 0 Å². The van der Waals surface area contributed by atoms with E-state index in [0.29, 0.717) is 50.5 Å². The van der Waals surface area contributed by atoms with E-state index in [0.717, 1.165) is 0 Å². The Morgan fingerprint density at radius 1 is 1.26 bits per heavy atom. The van der Waals surface area contributed by atoms with Crippen molar-refractivity contribution >= 4 is 17.7 Å². The number of amides is 3. The molecule has 2 aliphatic heterocycles. The Hall–Kier alpha value is -3.17. The third-order valence-electron chi connectivity index (χ3n) is 5.84. The molecule has 10 heteroatoms. The molecule has 2 aromatic rings. The Bertz CT molecular complexity index is 967. The summed E-state index contributed by atoms with van der Waals surface area (Å²) in [5.41, 5.74) is 0.942. The van der Waals surface area contributed by atoms with Gasteiger partial charge in [-0.2, -0.15) is 5.10 Å². The van der Waals surface area contributed by atoms with E-state index in [-0.39, 0.29) is 35.9 Å². The Balaban J connectivity index is 1.50. The van der Waals surface area contributed by atoms with Crippen LogP contribution in [0.2, 0.25) is 0 Å². The number of aromatic nitrogens is 3. The maximum atomic E-state index is 13.3. The summed E-state index contributed by atoms with van der Waals surface area (Å²) >= 11 is 0. The Labute approximate surface area is 180 Å². The minimum atomic E-state index is -0.514. The molecule has 0 saturated carbocycles. The van der Waals surface area contributed by atoms with Crippen LogP contribution < -0.4 is 0 Å². The summed E-state index contributed by atoms with van der Waals surface area (Å²) in [7, 11) is 0. The van der Waals surface area contributed by atoms with Crippen molar-refractivity contribution in [2.24, 2.45) is 5.92 Å². The van der Waals surface area contributed by atoms with Crippen LogP contribution in [0.5, 0.6) is 0 Å². The van der Waals surface area contributed by atoms with Crippen molar-refractivity contribution in [2.75, 3.05) is 32.7 Å². The van der Waals surface area contributed by atoms with Crippen LogP contribution in [0.1, 0.15) is 42.1 Å². The molecule has 0 bridgehead atoms. The van der Waals surface area contributed by atoms with Crippen molar-refractivity contribution in [1.82, 2.24) is 29.6 Å². The quantitative estimate of drug-likeness (QED) is 0.697. The third-order valence-corrected chi connectivity index (χ3v) is 5.84. The lowest BCUT2D eigenvalue weighted by atomic mass is 10.1. The number of hydrogen-bond donors (Lipinski definition) is 0. The standard InChI is InChI=1S/C21H28N6O4/c1-14(2)11-25-13-18(28)27-10-9-24(8-5-17(27)20(25)29)21(30)19-16(15(3)31-23-19)12-26-7-4-6-22-26/h4,6-7,14,17H,5,8-13H2,1-3H3. The number of hydrogen-bond acceptors (Lipinski definition) is 6. The largest absolute Gasteiger partial charge is 0.361 e. The van der Waals surface area contributed by atoms with Gasteiger partial charge in [-0.25, -0.2) is 0 Å². The number of nitrogens with zero attached hydrogens (tertiary/aromatic N) is 6. The molecule has 1 atom stereocenters. The van der Waals surface area contributed by atoms with Crippen molar-refractivity contribution in [2.45, 2.75) is 39.8 Å². The van der Waals surface area contributed by atoms with E-state index in [9.17, 15) is 14.4 Å². The van der Waals surface area contributed by atoms with Crippen molar-refractivity contribution < 1.29 is 18.9 Å². The zero-order valence-electron chi connectivity index (χ0n) is 18.2. The summed E-state index contributed by atoms with van der Waals surface area (Å²) in [6, 6.07) is 1.30. The van der Waals surface area contributed by atoms with Crippen molar-refractivity contribution in [3.8, 4) is 0 Å². The van der Waals surface area contributed by atoms with Gasteiger partial charge >= 0.3 is 0 Å². The molecule has 0 radical (unpaired) electrons. The highest BCUT2D eigenvalue weighted by atomic mass is 16.5. The minimum Gasteiger partial charge on any atom is -0.361 e. The van der Waals surface area contributed by atoms with E-state index >= 15 is 0 Å². The fraction of sp³-hybridized carbons (Fsp3) is 0.571. The second-order valence-electron chi connectivity index (χ2n) is 8.57. The van der Waals surface area contributed by atoms with Gasteiger partial charge in [-0.05, 0) is 25.3 Å². The molecule has 3 amide bonds. The van der Waals surface area contributed by atoms with Crippen LogP contribution in [-0.2, 0) is 16.1 Å². The van der Waals surface area contributed by atoms with Crippen LogP contribution in [0.3, 0.4) is 0 Å². The predicted molar refractivity (Wildman–Crippen MR) is 110 cm³/mol. The van der Waals surface area contributed by atoms with Gasteiger partial charge in [-0.15, -0.1) is 0 Å². The van der Waals surface area contributed by atoms with Gasteiger partial charge in [-0.3, -0.25) is 19.1 Å². The normalized spacial score (nSPS) is 19.7. The molecule has 4 heterocycles. The molecule has 4 rings (SSSR count). The summed E-state index contributed by atoms with van der Waals surface area (Å²) in [4.78, 5) is 43.9. The van der Waals surface area contributed by atoms with Crippen molar-refractivity contribution in [1.29, 1.82) is 0 Å². The van der Waals surface area contributed by atoms with Crippen LogP contribution in [0.15, 0.2) is 23.0 Å². The van der Waals surface area contributed by atoms with Crippen LogP contribution in [-0.4, -0.2) is 86.1 Å².